The molecule has 0 aliphatic rings. The first-order valence-electron chi connectivity index (χ1n) is 17.7. The van der Waals surface area contributed by atoms with Gasteiger partial charge >= 0.3 is 0 Å². The van der Waals surface area contributed by atoms with Crippen molar-refractivity contribution in [2.75, 3.05) is 0 Å². The number of fused-ring (bicyclic) bond motifs is 8. The van der Waals surface area contributed by atoms with Crippen molar-refractivity contribution in [3.63, 3.8) is 0 Å². The molecule has 4 aromatic heterocycles. The second-order valence-electron chi connectivity index (χ2n) is 13.3. The summed E-state index contributed by atoms with van der Waals surface area (Å²) in [6.07, 6.45) is 2.17. The monoisotopic (exact) mass is 695 g/mol. The van der Waals surface area contributed by atoms with Gasteiger partial charge in [-0.05, 0) is 48.5 Å². The fourth-order valence-electron chi connectivity index (χ4n) is 7.71. The fraction of sp³-hybridized carbons (Fsp3) is 0. The first-order chi connectivity index (χ1) is 26.3. The van der Waals surface area contributed by atoms with Crippen molar-refractivity contribution in [3.8, 4) is 45.5 Å². The Morgan fingerprint density at radius 3 is 1.75 bits per heavy atom. The largest absolute Gasteiger partial charge is 0.317 e. The lowest BCUT2D eigenvalue weighted by molar-refractivity contribution is 1.07. The van der Waals surface area contributed by atoms with Crippen LogP contribution in [0.25, 0.3) is 98.4 Å². The average Bonchev–Trinajstić information content (AvgIpc) is 3.92. The molecule has 11 aromatic rings. The molecule has 6 heteroatoms. The molecule has 0 fully saturated rings. The zero-order chi connectivity index (χ0) is 34.9. The molecule has 0 atom stereocenters. The summed E-state index contributed by atoms with van der Waals surface area (Å²) >= 11 is 1.86. The van der Waals surface area contributed by atoms with Gasteiger partial charge in [0, 0.05) is 65.9 Å². The average molecular weight is 696 g/mol. The lowest BCUT2D eigenvalue weighted by Gasteiger charge is -2.12. The van der Waals surface area contributed by atoms with E-state index in [1.807, 2.05) is 72.0 Å². The number of hydrogen-bond donors (Lipinski definition) is 0. The van der Waals surface area contributed by atoms with Crippen LogP contribution in [0, 0.1) is 0 Å². The molecular formula is C47H29N5S. The molecule has 0 amide bonds. The molecular weight excluding hydrogens is 667 g/mol. The SMILES string of the molecule is c1ccc(-c2nc(-c3ccccc3)nc(-c3cccc(-n4c5cc6ccn(-c7ccccc7)c6cc5c5ccc6c7ccccc7sc6c54)c3)n2)cc1. The molecule has 4 heterocycles. The summed E-state index contributed by atoms with van der Waals surface area (Å²) in [5.74, 6) is 1.93. The molecule has 0 spiro atoms. The van der Waals surface area contributed by atoms with Crippen LogP contribution in [0.2, 0.25) is 0 Å². The summed E-state index contributed by atoms with van der Waals surface area (Å²) in [6.45, 7) is 0. The van der Waals surface area contributed by atoms with Gasteiger partial charge in [-0.25, -0.2) is 15.0 Å². The lowest BCUT2D eigenvalue weighted by Crippen LogP contribution is -2.01. The van der Waals surface area contributed by atoms with Crippen LogP contribution in [-0.4, -0.2) is 24.1 Å². The summed E-state index contributed by atoms with van der Waals surface area (Å²) in [5.41, 5.74) is 8.57. The van der Waals surface area contributed by atoms with Crippen molar-refractivity contribution >= 4 is 64.2 Å². The third kappa shape index (κ3) is 4.80. The van der Waals surface area contributed by atoms with E-state index < -0.39 is 0 Å². The highest BCUT2D eigenvalue weighted by Gasteiger charge is 2.20. The second-order valence-corrected chi connectivity index (χ2v) is 14.4. The maximum atomic E-state index is 5.07. The predicted molar refractivity (Wildman–Crippen MR) is 220 cm³/mol. The van der Waals surface area contributed by atoms with Crippen molar-refractivity contribution in [2.24, 2.45) is 0 Å². The maximum absolute atomic E-state index is 5.07. The van der Waals surface area contributed by atoms with E-state index in [4.69, 9.17) is 15.0 Å². The Morgan fingerprint density at radius 1 is 0.415 bits per heavy atom. The van der Waals surface area contributed by atoms with E-state index in [9.17, 15) is 0 Å². The molecule has 0 radical (unpaired) electrons. The van der Waals surface area contributed by atoms with Gasteiger partial charge in [0.15, 0.2) is 17.5 Å². The van der Waals surface area contributed by atoms with E-state index in [2.05, 4.69) is 125 Å². The van der Waals surface area contributed by atoms with Gasteiger partial charge in [0.25, 0.3) is 0 Å². The van der Waals surface area contributed by atoms with E-state index in [1.165, 1.54) is 47.4 Å². The molecule has 0 aliphatic heterocycles. The number of nitrogens with zero attached hydrogens (tertiary/aromatic N) is 5. The van der Waals surface area contributed by atoms with E-state index in [-0.39, 0.29) is 0 Å². The number of benzene rings is 7. The lowest BCUT2D eigenvalue weighted by atomic mass is 10.1. The Labute approximate surface area is 308 Å². The van der Waals surface area contributed by atoms with Crippen LogP contribution in [-0.2, 0) is 0 Å². The molecule has 0 bridgehead atoms. The number of rotatable bonds is 5. The molecule has 0 unspecified atom stereocenters. The molecule has 0 aliphatic carbocycles. The van der Waals surface area contributed by atoms with Gasteiger partial charge in [-0.1, -0.05) is 121 Å². The third-order valence-electron chi connectivity index (χ3n) is 10.2. The number of thiophene rings is 1. The van der Waals surface area contributed by atoms with Crippen molar-refractivity contribution in [2.45, 2.75) is 0 Å². The van der Waals surface area contributed by atoms with E-state index in [1.54, 1.807) is 0 Å². The zero-order valence-corrected chi connectivity index (χ0v) is 29.2. The van der Waals surface area contributed by atoms with Gasteiger partial charge in [-0.2, -0.15) is 0 Å². The van der Waals surface area contributed by atoms with Crippen LogP contribution in [0.1, 0.15) is 0 Å². The van der Waals surface area contributed by atoms with Crippen LogP contribution >= 0.6 is 11.3 Å². The first-order valence-corrected chi connectivity index (χ1v) is 18.5. The predicted octanol–water partition coefficient (Wildman–Crippen LogP) is 12.3. The third-order valence-corrected chi connectivity index (χ3v) is 11.4. The maximum Gasteiger partial charge on any atom is 0.164 e. The molecule has 53 heavy (non-hydrogen) atoms. The summed E-state index contributed by atoms with van der Waals surface area (Å²) in [5, 5.41) is 6.18. The standard InChI is InChI=1S/C47H29N5S/c1-4-13-30(14-5-1)45-48-46(31-15-6-2-7-16-31)50-47(49-45)33-17-12-20-35(27-33)52-41-28-32-25-26-51(34-18-8-3-9-19-34)40(32)29-39(41)37-23-24-38-36-21-10-11-22-42(36)53-44(38)43(37)52/h1-29H. The topological polar surface area (TPSA) is 48.5 Å². The highest BCUT2D eigenvalue weighted by atomic mass is 32.1. The van der Waals surface area contributed by atoms with Gasteiger partial charge in [-0.3, -0.25) is 0 Å². The molecule has 11 rings (SSSR count). The molecule has 248 valence electrons. The van der Waals surface area contributed by atoms with E-state index in [0.717, 1.165) is 33.6 Å². The number of hydrogen-bond acceptors (Lipinski definition) is 4. The van der Waals surface area contributed by atoms with E-state index in [0.29, 0.717) is 17.5 Å². The molecule has 5 nitrogen and oxygen atoms in total. The van der Waals surface area contributed by atoms with Gasteiger partial charge < -0.3 is 9.13 Å². The Hall–Kier alpha value is -6.89. The second kappa shape index (κ2) is 11.8. The minimum Gasteiger partial charge on any atom is -0.317 e. The van der Waals surface area contributed by atoms with Crippen molar-refractivity contribution in [1.29, 1.82) is 0 Å². The van der Waals surface area contributed by atoms with E-state index >= 15 is 0 Å². The Morgan fingerprint density at radius 2 is 1.02 bits per heavy atom. The Balaban J connectivity index is 1.18. The summed E-state index contributed by atoms with van der Waals surface area (Å²) in [7, 11) is 0. The van der Waals surface area contributed by atoms with Gasteiger partial charge in [0.1, 0.15) is 0 Å². The number of para-hydroxylation sites is 1. The Kier molecular flexibility index (Phi) is 6.66. The highest BCUT2D eigenvalue weighted by Crippen LogP contribution is 2.44. The summed E-state index contributed by atoms with van der Waals surface area (Å²) in [6, 6.07) is 59.8. The summed E-state index contributed by atoms with van der Waals surface area (Å²) in [4.78, 5) is 15.1. The van der Waals surface area contributed by atoms with Crippen LogP contribution < -0.4 is 0 Å². The number of aromatic nitrogens is 5. The minimum absolute atomic E-state index is 0.634. The van der Waals surface area contributed by atoms with Crippen molar-refractivity contribution in [3.05, 3.63) is 176 Å². The van der Waals surface area contributed by atoms with Crippen LogP contribution in [0.4, 0.5) is 0 Å². The van der Waals surface area contributed by atoms with Gasteiger partial charge in [0.2, 0.25) is 0 Å². The molecule has 0 saturated carbocycles. The van der Waals surface area contributed by atoms with Crippen molar-refractivity contribution < 1.29 is 0 Å². The molecule has 0 saturated heterocycles. The fourth-order valence-corrected chi connectivity index (χ4v) is 8.95. The Bertz CT molecular complexity index is 3100. The highest BCUT2D eigenvalue weighted by molar-refractivity contribution is 7.26. The normalized spacial score (nSPS) is 11.8. The first kappa shape index (κ1) is 29.8. The van der Waals surface area contributed by atoms with Gasteiger partial charge in [-0.15, -0.1) is 11.3 Å². The summed E-state index contributed by atoms with van der Waals surface area (Å²) < 4.78 is 7.29. The minimum atomic E-state index is 0.634. The van der Waals surface area contributed by atoms with Crippen LogP contribution in [0.5, 0.6) is 0 Å². The molecule has 0 N–H and O–H groups in total. The van der Waals surface area contributed by atoms with Crippen LogP contribution in [0.15, 0.2) is 176 Å². The van der Waals surface area contributed by atoms with Crippen LogP contribution in [0.3, 0.4) is 0 Å². The zero-order valence-electron chi connectivity index (χ0n) is 28.4. The van der Waals surface area contributed by atoms with Crippen molar-refractivity contribution in [1.82, 2.24) is 24.1 Å². The smallest absolute Gasteiger partial charge is 0.164 e. The quantitative estimate of drug-likeness (QED) is 0.180. The van der Waals surface area contributed by atoms with Gasteiger partial charge in [0.05, 0.1) is 21.3 Å². The molecule has 7 aromatic carbocycles.